The first kappa shape index (κ1) is 111. The second-order valence-electron chi connectivity index (χ2n) is 34.3. The maximum absolute atomic E-state index is 8.36. The van der Waals surface area contributed by atoms with Crippen molar-refractivity contribution < 1.29 is 93.7 Å². The molecule has 25 heteroatoms. The van der Waals surface area contributed by atoms with E-state index in [-0.39, 0.29) is 142 Å². The molecule has 0 spiro atoms. The van der Waals surface area contributed by atoms with Gasteiger partial charge in [-0.05, 0) is 286 Å². The van der Waals surface area contributed by atoms with Gasteiger partial charge in [0.25, 0.3) is 6.47 Å². The first-order valence-corrected chi connectivity index (χ1v) is 39.6. The molecule has 0 saturated carbocycles. The van der Waals surface area contributed by atoms with Crippen LogP contribution in [0.4, 0.5) is 29.1 Å². The molecular weight excluding hydrogens is 1560 g/mol. The van der Waals surface area contributed by atoms with Crippen LogP contribution < -0.4 is 35.9 Å². The molecule has 0 aromatic carbocycles. The van der Waals surface area contributed by atoms with Crippen molar-refractivity contribution in [2.24, 2.45) is 4.76 Å². The van der Waals surface area contributed by atoms with E-state index in [2.05, 4.69) is 344 Å². The summed E-state index contributed by atoms with van der Waals surface area (Å²) in [6.07, 6.45) is 0.250. The number of carboxylic acid groups (broad SMARTS) is 1. The number of aromatic nitrogens is 3. The topological polar surface area (TPSA) is 235 Å². The quantitative estimate of drug-likeness (QED) is 0.0453. The van der Waals surface area contributed by atoms with Gasteiger partial charge in [0.1, 0.15) is 32.3 Å². The van der Waals surface area contributed by atoms with Gasteiger partial charge in [-0.3, -0.25) is 25.2 Å². The van der Waals surface area contributed by atoms with Gasteiger partial charge < -0.3 is 37.0 Å². The minimum absolute atomic E-state index is 0. The zero-order valence-corrected chi connectivity index (χ0v) is 77.1. The van der Waals surface area contributed by atoms with E-state index in [0.717, 1.165) is 34.6 Å². The number of nitrogens with one attached hydrogen (secondary N) is 5. The summed E-state index contributed by atoms with van der Waals surface area (Å²) < 4.78 is 5.16. The summed E-state index contributed by atoms with van der Waals surface area (Å²) in [7, 11) is -5.30. The first-order chi connectivity index (χ1) is 40.1. The van der Waals surface area contributed by atoms with Gasteiger partial charge >= 0.3 is 64.6 Å². The van der Waals surface area contributed by atoms with Crippen LogP contribution in [0.3, 0.4) is 0 Å². The Kier molecular flexibility index (Phi) is 55.4. The fraction of sp³-hybridized carbons (Fsp3) is 0.696. The molecule has 3 aromatic rings. The Morgan fingerprint density at radius 1 is 0.394 bits per heavy atom. The maximum atomic E-state index is 8.36. The Balaban J connectivity index is -0.000000128. The molecule has 0 aliphatic carbocycles. The molecular formula is C69H142N9O7P6Ru3+5. The Labute approximate surface area is 623 Å². The van der Waals surface area contributed by atoms with Crippen molar-refractivity contribution in [1.82, 2.24) is 15.0 Å². The number of pyridine rings is 3. The Bertz CT molecular complexity index is 2320. The van der Waals surface area contributed by atoms with E-state index in [9.17, 15) is 0 Å². The first-order valence-electron chi connectivity index (χ1n) is 30.6. The monoisotopic (exact) mass is 1700 g/mol. The molecule has 0 saturated heterocycles. The average Bonchev–Trinajstić information content (AvgIpc) is 0.863. The molecule has 554 valence electrons. The van der Waals surface area contributed by atoms with Gasteiger partial charge in [-0.1, -0.05) is 18.2 Å². The second-order valence-corrected chi connectivity index (χ2v) is 58.3. The average molecular weight is 1700 g/mol. The zero-order valence-electron chi connectivity index (χ0n) is 65.4. The molecule has 3 rings (SSSR count). The van der Waals surface area contributed by atoms with Gasteiger partial charge in [0.05, 0.1) is 78.0 Å². The van der Waals surface area contributed by atoms with E-state index in [1.165, 1.54) is 0 Å². The predicted octanol–water partition coefficient (Wildman–Crippen LogP) is 19.0. The molecule has 3 aromatic heterocycles. The van der Waals surface area contributed by atoms with Crippen molar-refractivity contribution in [1.29, 1.82) is 0 Å². The Hall–Kier alpha value is -1.44. The van der Waals surface area contributed by atoms with Gasteiger partial charge in [0, 0.05) is 12.7 Å². The van der Waals surface area contributed by atoms with Gasteiger partial charge in [0.2, 0.25) is 0 Å². The van der Waals surface area contributed by atoms with Crippen molar-refractivity contribution in [2.75, 3.05) is 25.4 Å². The molecule has 0 fully saturated rings. The molecule has 0 radical (unpaired) electrons. The number of hydrogen-bond donors (Lipinski definition) is 6. The molecule has 0 aliphatic rings. The summed E-state index contributed by atoms with van der Waals surface area (Å²) in [5, 5.41) is 28.8. The fourth-order valence-corrected chi connectivity index (χ4v) is 31.7. The summed E-state index contributed by atoms with van der Waals surface area (Å²) in [5.41, 5.74) is 0.873. The van der Waals surface area contributed by atoms with Crippen molar-refractivity contribution in [3.8, 4) is 0 Å². The van der Waals surface area contributed by atoms with Gasteiger partial charge in [-0.15, -0.1) is 0 Å². The SMILES string of the molecule is CC(C)(C)[PH+](N=c1cccc(N[PH+](C(C)(C)C)C(C)(C)C)[n-]1)C(C)(C)C.CC(C)(C)[PH+](Nc1cccc(N[PH+](C(C)(C)C)C(C)(C)C)n1)C(C)(C)C.CC(C)(C)[PH+](Nc1cccc(N[PH+](C(C)(C)C)C(C)(C)C)n1)C(C)(C)C.O=C=O.O=CO.[CH-]=O.[CH-]=O.[CH-]=O.[CH3-].[HH].[RuH+2].[RuH+2].[RuH2]. The van der Waals surface area contributed by atoms with E-state index in [1.54, 1.807) is 0 Å². The number of hydrogen-bond acceptors (Lipinski definition) is 14. The molecule has 94 heavy (non-hydrogen) atoms. The molecule has 0 amide bonds. The molecule has 16 nitrogen and oxygen atoms in total. The van der Waals surface area contributed by atoms with Crippen LogP contribution in [0.15, 0.2) is 59.4 Å². The van der Waals surface area contributed by atoms with Crippen LogP contribution in [-0.4, -0.2) is 110 Å². The van der Waals surface area contributed by atoms with E-state index >= 15 is 0 Å². The summed E-state index contributed by atoms with van der Waals surface area (Å²) in [6.45, 7) is 93.3. The summed E-state index contributed by atoms with van der Waals surface area (Å²) in [6, 6.07) is 18.9. The van der Waals surface area contributed by atoms with Gasteiger partial charge in [-0.25, -0.2) is 35.1 Å². The normalized spacial score (nSPS) is 12.3. The van der Waals surface area contributed by atoms with Crippen LogP contribution >= 0.6 is 48.4 Å². The summed E-state index contributed by atoms with van der Waals surface area (Å²) in [5.74, 6) is 4.96. The van der Waals surface area contributed by atoms with Gasteiger partial charge in [0.15, 0.2) is 23.3 Å². The molecule has 3 heterocycles. The van der Waals surface area contributed by atoms with Crippen LogP contribution in [0.2, 0.25) is 0 Å². The second kappa shape index (κ2) is 46.9. The Morgan fingerprint density at radius 2 is 0.564 bits per heavy atom. The van der Waals surface area contributed by atoms with Crippen LogP contribution in [0.1, 0.15) is 251 Å². The van der Waals surface area contributed by atoms with Crippen LogP contribution in [0, 0.1) is 7.43 Å². The number of rotatable bonds is 11. The van der Waals surface area contributed by atoms with Crippen molar-refractivity contribution >= 4 is 111 Å². The van der Waals surface area contributed by atoms with Crippen LogP contribution in [0.5, 0.6) is 0 Å². The minimum atomic E-state index is -0.986. The van der Waals surface area contributed by atoms with Gasteiger partial charge in [-0.2, -0.15) is 9.59 Å². The third-order valence-corrected chi connectivity index (χ3v) is 33.5. The molecule has 0 atom stereocenters. The molecule has 6 N–H and O–H groups in total. The fourth-order valence-electron chi connectivity index (χ4n) is 11.4. The standard InChI is InChI=1S/2C21H41N3P2.C21H40N3P2.CH2O2.CO2.3CHO.CH3.3Ru.H2.4H/c3*1-18(2,3)25(19(4,5)6)23-16-14-13-15-17(22-16)24-26(20(7,8)9)21(10,11)12;2*2-1-3;3*1-2;;;;;;;;;/h2*13-15H,1-12H3,(H2,22,23,24);13-15H,1-12H3,(H-,22,23,24);1H,(H,2,3);;3*1H;1H3;;;;1H;;;;/q;;-1;;;4*-1;;2*+2;;;;;/p+6. The summed E-state index contributed by atoms with van der Waals surface area (Å²) >= 11 is 0. The van der Waals surface area contributed by atoms with E-state index in [1.807, 2.05) is 6.07 Å². The number of anilines is 5. The molecule has 0 bridgehead atoms. The third-order valence-electron chi connectivity index (χ3n) is 12.6. The third kappa shape index (κ3) is 46.8. The molecule has 0 unspecified atom stereocenters. The van der Waals surface area contributed by atoms with E-state index in [4.69, 9.17) is 53.6 Å². The van der Waals surface area contributed by atoms with Crippen molar-refractivity contribution in [2.45, 2.75) is 311 Å². The predicted molar refractivity (Wildman–Crippen MR) is 427 cm³/mol. The van der Waals surface area contributed by atoms with Crippen molar-refractivity contribution in [3.05, 3.63) is 67.5 Å². The zero-order chi connectivity index (χ0) is 73.1. The van der Waals surface area contributed by atoms with E-state index in [0.29, 0.717) is 0 Å². The van der Waals surface area contributed by atoms with E-state index < -0.39 is 48.4 Å². The number of carbonyl (C=O) groups excluding carboxylic acids is 5. The van der Waals surface area contributed by atoms with Crippen LogP contribution in [0.25, 0.3) is 0 Å². The summed E-state index contributed by atoms with van der Waals surface area (Å²) in [4.78, 5) is 62.6. The number of carbonyl (C=O) groups is 1. The Morgan fingerprint density at radius 3 is 0.734 bits per heavy atom. The van der Waals surface area contributed by atoms with Crippen LogP contribution in [-0.2, 0) is 87.2 Å². The number of nitrogens with zero attached hydrogens (tertiary/aromatic N) is 4. The molecule has 0 aliphatic heterocycles. The van der Waals surface area contributed by atoms with Crippen molar-refractivity contribution in [3.63, 3.8) is 0 Å².